The molecular formula is C21H32IN5O. The lowest BCUT2D eigenvalue weighted by Gasteiger charge is -2.42. The first-order valence-corrected chi connectivity index (χ1v) is 9.77. The summed E-state index contributed by atoms with van der Waals surface area (Å²) in [7, 11) is 3.60. The third-order valence-electron chi connectivity index (χ3n) is 5.47. The quantitative estimate of drug-likeness (QED) is 0.317. The summed E-state index contributed by atoms with van der Waals surface area (Å²) in [5, 5.41) is 11.4. The molecule has 1 heterocycles. The van der Waals surface area contributed by atoms with Crippen LogP contribution in [0.5, 0.6) is 0 Å². The Morgan fingerprint density at radius 3 is 2.68 bits per heavy atom. The summed E-state index contributed by atoms with van der Waals surface area (Å²) in [5.41, 5.74) is 2.66. The Morgan fingerprint density at radius 1 is 1.25 bits per heavy atom. The molecule has 1 saturated carbocycles. The normalized spacial score (nSPS) is 15.4. The SMILES string of the molecule is CN=C(NCCc1cnn(-c2ccccc2)c1)NCC1(CCOC)CCC1.I. The Balaban J connectivity index is 0.00000280. The molecule has 154 valence electrons. The van der Waals surface area contributed by atoms with E-state index in [9.17, 15) is 0 Å². The first kappa shape index (κ1) is 22.7. The van der Waals surface area contributed by atoms with Crippen LogP contribution in [0.15, 0.2) is 47.7 Å². The van der Waals surface area contributed by atoms with Gasteiger partial charge in [0.05, 0.1) is 11.9 Å². The fourth-order valence-electron chi connectivity index (χ4n) is 3.54. The smallest absolute Gasteiger partial charge is 0.191 e. The number of aromatic nitrogens is 2. The van der Waals surface area contributed by atoms with Crippen LogP contribution in [0.1, 0.15) is 31.2 Å². The fraction of sp³-hybridized carbons (Fsp3) is 0.524. The molecule has 0 spiro atoms. The van der Waals surface area contributed by atoms with Crippen molar-refractivity contribution in [3.8, 4) is 5.69 Å². The van der Waals surface area contributed by atoms with Crippen molar-refractivity contribution in [2.45, 2.75) is 32.1 Å². The first-order valence-electron chi connectivity index (χ1n) is 9.77. The van der Waals surface area contributed by atoms with E-state index in [1.165, 1.54) is 24.8 Å². The van der Waals surface area contributed by atoms with E-state index in [-0.39, 0.29) is 24.0 Å². The molecule has 3 rings (SSSR count). The third-order valence-corrected chi connectivity index (χ3v) is 5.47. The number of methoxy groups -OCH3 is 1. The van der Waals surface area contributed by atoms with E-state index < -0.39 is 0 Å². The Kier molecular flexibility index (Phi) is 9.24. The Morgan fingerprint density at radius 2 is 2.04 bits per heavy atom. The minimum atomic E-state index is 0. The number of hydrogen-bond acceptors (Lipinski definition) is 3. The summed E-state index contributed by atoms with van der Waals surface area (Å²) in [5.74, 6) is 0.870. The van der Waals surface area contributed by atoms with Gasteiger partial charge in [0.2, 0.25) is 0 Å². The van der Waals surface area contributed by atoms with Gasteiger partial charge in [-0.2, -0.15) is 5.10 Å². The van der Waals surface area contributed by atoms with E-state index in [1.54, 1.807) is 7.11 Å². The molecular weight excluding hydrogens is 465 g/mol. The lowest BCUT2D eigenvalue weighted by Crippen LogP contribution is -2.47. The van der Waals surface area contributed by atoms with Crippen LogP contribution < -0.4 is 10.6 Å². The van der Waals surface area contributed by atoms with Gasteiger partial charge in [0, 0.05) is 40.1 Å². The first-order chi connectivity index (χ1) is 13.2. The van der Waals surface area contributed by atoms with Gasteiger partial charge in [0.1, 0.15) is 0 Å². The lowest BCUT2D eigenvalue weighted by atomic mass is 9.67. The highest BCUT2D eigenvalue weighted by Gasteiger charge is 2.36. The van der Waals surface area contributed by atoms with E-state index in [4.69, 9.17) is 4.74 Å². The molecule has 1 fully saturated rings. The van der Waals surface area contributed by atoms with Gasteiger partial charge in [0.25, 0.3) is 0 Å². The molecule has 1 aromatic heterocycles. The summed E-state index contributed by atoms with van der Waals surface area (Å²) in [6.07, 6.45) is 9.91. The fourth-order valence-corrected chi connectivity index (χ4v) is 3.54. The van der Waals surface area contributed by atoms with Crippen molar-refractivity contribution in [2.75, 3.05) is 33.9 Å². The zero-order chi connectivity index (χ0) is 19.0. The van der Waals surface area contributed by atoms with Crippen LogP contribution in [-0.2, 0) is 11.2 Å². The number of nitrogens with zero attached hydrogens (tertiary/aromatic N) is 3. The van der Waals surface area contributed by atoms with Gasteiger partial charge in [-0.1, -0.05) is 24.6 Å². The highest BCUT2D eigenvalue weighted by molar-refractivity contribution is 14.0. The number of ether oxygens (including phenoxy) is 1. The zero-order valence-corrected chi connectivity index (χ0v) is 19.2. The van der Waals surface area contributed by atoms with Gasteiger partial charge < -0.3 is 15.4 Å². The number of para-hydroxylation sites is 1. The molecule has 1 aliphatic rings. The molecule has 6 nitrogen and oxygen atoms in total. The number of nitrogens with one attached hydrogen (secondary N) is 2. The van der Waals surface area contributed by atoms with Crippen LogP contribution in [0.2, 0.25) is 0 Å². The number of rotatable bonds is 9. The van der Waals surface area contributed by atoms with E-state index >= 15 is 0 Å². The average Bonchev–Trinajstić information content (AvgIpc) is 3.15. The zero-order valence-electron chi connectivity index (χ0n) is 16.9. The largest absolute Gasteiger partial charge is 0.385 e. The number of guanidine groups is 1. The molecule has 1 aromatic carbocycles. The van der Waals surface area contributed by atoms with Gasteiger partial charge in [0.15, 0.2) is 5.96 Å². The predicted octanol–water partition coefficient (Wildman–Crippen LogP) is 3.40. The minimum absolute atomic E-state index is 0. The summed E-state index contributed by atoms with van der Waals surface area (Å²) in [6.45, 7) is 2.62. The van der Waals surface area contributed by atoms with Crippen molar-refractivity contribution in [1.29, 1.82) is 0 Å². The van der Waals surface area contributed by atoms with E-state index in [1.807, 2.05) is 36.1 Å². The molecule has 7 heteroatoms. The van der Waals surface area contributed by atoms with Gasteiger partial charge >= 0.3 is 0 Å². The van der Waals surface area contributed by atoms with Crippen molar-refractivity contribution in [3.05, 3.63) is 48.3 Å². The molecule has 0 radical (unpaired) electrons. The van der Waals surface area contributed by atoms with Gasteiger partial charge in [-0.25, -0.2) is 4.68 Å². The monoisotopic (exact) mass is 497 g/mol. The van der Waals surface area contributed by atoms with Crippen LogP contribution in [-0.4, -0.2) is 49.6 Å². The van der Waals surface area contributed by atoms with E-state index in [0.29, 0.717) is 5.41 Å². The van der Waals surface area contributed by atoms with E-state index in [2.05, 4.69) is 39.1 Å². The van der Waals surface area contributed by atoms with Crippen LogP contribution in [0.25, 0.3) is 5.69 Å². The van der Waals surface area contributed by atoms with Gasteiger partial charge in [-0.15, -0.1) is 24.0 Å². The maximum Gasteiger partial charge on any atom is 0.191 e. The second-order valence-corrected chi connectivity index (χ2v) is 7.33. The number of halogens is 1. The highest BCUT2D eigenvalue weighted by atomic mass is 127. The lowest BCUT2D eigenvalue weighted by molar-refractivity contribution is 0.0732. The Labute approximate surface area is 185 Å². The van der Waals surface area contributed by atoms with E-state index in [0.717, 1.165) is 44.2 Å². The average molecular weight is 497 g/mol. The summed E-state index contributed by atoms with van der Waals surface area (Å²) in [6, 6.07) is 10.2. The van der Waals surface area contributed by atoms with Crippen molar-refractivity contribution < 1.29 is 4.74 Å². The Hall–Kier alpha value is -1.61. The minimum Gasteiger partial charge on any atom is -0.385 e. The van der Waals surface area contributed by atoms with Gasteiger partial charge in [-0.05, 0) is 48.8 Å². The van der Waals surface area contributed by atoms with Crippen molar-refractivity contribution in [2.24, 2.45) is 10.4 Å². The van der Waals surface area contributed by atoms with Crippen LogP contribution in [0.4, 0.5) is 0 Å². The second-order valence-electron chi connectivity index (χ2n) is 7.33. The van der Waals surface area contributed by atoms with Gasteiger partial charge in [-0.3, -0.25) is 4.99 Å². The predicted molar refractivity (Wildman–Crippen MR) is 125 cm³/mol. The molecule has 0 unspecified atom stereocenters. The molecule has 0 amide bonds. The molecule has 28 heavy (non-hydrogen) atoms. The standard InChI is InChI=1S/C21H31N5O.HI/c1-22-20(24-17-21(10-6-11-21)12-14-27-2)23-13-9-18-15-25-26(16-18)19-7-4-3-5-8-19;/h3-5,7-8,15-16H,6,9-14,17H2,1-2H3,(H2,22,23,24);1H. The number of benzene rings is 1. The number of aliphatic imine (C=N–C) groups is 1. The summed E-state index contributed by atoms with van der Waals surface area (Å²) in [4.78, 5) is 4.36. The highest BCUT2D eigenvalue weighted by Crippen LogP contribution is 2.43. The summed E-state index contributed by atoms with van der Waals surface area (Å²) >= 11 is 0. The van der Waals surface area contributed by atoms with Crippen LogP contribution in [0.3, 0.4) is 0 Å². The summed E-state index contributed by atoms with van der Waals surface area (Å²) < 4.78 is 7.19. The Bertz CT molecular complexity index is 727. The topological polar surface area (TPSA) is 63.5 Å². The molecule has 0 aliphatic heterocycles. The molecule has 1 aliphatic carbocycles. The van der Waals surface area contributed by atoms with Crippen LogP contribution >= 0.6 is 24.0 Å². The molecule has 0 atom stereocenters. The molecule has 2 N–H and O–H groups in total. The molecule has 0 bridgehead atoms. The second kappa shape index (κ2) is 11.4. The van der Waals surface area contributed by atoms with Crippen LogP contribution in [0, 0.1) is 5.41 Å². The molecule has 2 aromatic rings. The molecule has 0 saturated heterocycles. The van der Waals surface area contributed by atoms with Crippen molar-refractivity contribution >= 4 is 29.9 Å². The number of hydrogen-bond donors (Lipinski definition) is 2. The maximum atomic E-state index is 5.27. The van der Waals surface area contributed by atoms with Crippen molar-refractivity contribution in [1.82, 2.24) is 20.4 Å². The maximum absolute atomic E-state index is 5.27. The third kappa shape index (κ3) is 6.20. The van der Waals surface area contributed by atoms with Crippen molar-refractivity contribution in [3.63, 3.8) is 0 Å².